The van der Waals surface area contributed by atoms with E-state index in [0.717, 1.165) is 0 Å². The van der Waals surface area contributed by atoms with E-state index in [1.54, 1.807) is 6.07 Å². The summed E-state index contributed by atoms with van der Waals surface area (Å²) in [4.78, 5) is 21.1. The van der Waals surface area contributed by atoms with E-state index in [1.165, 1.54) is 25.1 Å². The predicted octanol–water partition coefficient (Wildman–Crippen LogP) is -0.0271. The van der Waals surface area contributed by atoms with Crippen molar-refractivity contribution < 1.29 is 41.8 Å². The van der Waals surface area contributed by atoms with Gasteiger partial charge in [-0.2, -0.15) is 0 Å². The molecule has 0 aromatic heterocycles. The van der Waals surface area contributed by atoms with E-state index in [1.807, 2.05) is 0 Å². The summed E-state index contributed by atoms with van der Waals surface area (Å²) in [5.41, 5.74) is -0.127. The summed E-state index contributed by atoms with van der Waals surface area (Å²) in [5.74, 6) is -1.92. The monoisotopic (exact) mass is 286 g/mol. The molecule has 1 aromatic rings. The quantitative estimate of drug-likeness (QED) is 0.435. The zero-order chi connectivity index (χ0) is 9.84. The van der Waals surface area contributed by atoms with Gasteiger partial charge in [0.25, 0.3) is 0 Å². The van der Waals surface area contributed by atoms with Gasteiger partial charge in [-0.15, -0.1) is 0 Å². The Labute approximate surface area is 96.4 Å². The van der Waals surface area contributed by atoms with Gasteiger partial charge in [0.15, 0.2) is 0 Å². The molecule has 0 bridgehead atoms. The molecule has 0 N–H and O–H groups in total. The molecular formula is C9H7AgO4. The van der Waals surface area contributed by atoms with Gasteiger partial charge < -0.3 is 14.6 Å². The predicted molar refractivity (Wildman–Crippen MR) is 42.1 cm³/mol. The average molecular weight is 287 g/mol. The second-order valence-corrected chi connectivity index (χ2v) is 2.38. The van der Waals surface area contributed by atoms with Gasteiger partial charge in [0.1, 0.15) is 5.75 Å². The van der Waals surface area contributed by atoms with Crippen LogP contribution in [-0.4, -0.2) is 11.9 Å². The fourth-order valence-corrected chi connectivity index (χ4v) is 0.879. The van der Waals surface area contributed by atoms with E-state index in [4.69, 9.17) is 0 Å². The molecule has 4 nitrogen and oxygen atoms in total. The van der Waals surface area contributed by atoms with Crippen LogP contribution in [0.4, 0.5) is 0 Å². The first-order valence-corrected chi connectivity index (χ1v) is 3.60. The maximum atomic E-state index is 10.6. The summed E-state index contributed by atoms with van der Waals surface area (Å²) in [6.07, 6.45) is 0. The van der Waals surface area contributed by atoms with E-state index in [-0.39, 0.29) is 33.7 Å². The van der Waals surface area contributed by atoms with Crippen LogP contribution in [0.3, 0.4) is 0 Å². The number of ether oxygens (including phenoxy) is 1. The summed E-state index contributed by atoms with van der Waals surface area (Å²) >= 11 is 0. The normalized spacial score (nSPS) is 8.64. The number of carbonyl (C=O) groups is 2. The van der Waals surface area contributed by atoms with Crippen LogP contribution in [0, 0.1) is 0 Å². The third-order valence-corrected chi connectivity index (χ3v) is 1.36. The number of carboxylic acids is 1. The van der Waals surface area contributed by atoms with Crippen LogP contribution in [-0.2, 0) is 27.2 Å². The zero-order valence-corrected chi connectivity index (χ0v) is 8.73. The van der Waals surface area contributed by atoms with Gasteiger partial charge >= 0.3 is 28.3 Å². The minimum atomic E-state index is -1.36. The van der Waals surface area contributed by atoms with Crippen molar-refractivity contribution in [2.24, 2.45) is 0 Å². The Morgan fingerprint density at radius 1 is 1.29 bits per heavy atom. The maximum absolute atomic E-state index is 10.6. The van der Waals surface area contributed by atoms with E-state index >= 15 is 0 Å². The van der Waals surface area contributed by atoms with Crippen LogP contribution in [0.2, 0.25) is 0 Å². The molecule has 0 spiro atoms. The first kappa shape index (κ1) is 12.9. The molecule has 0 amide bonds. The van der Waals surface area contributed by atoms with Crippen LogP contribution in [0.15, 0.2) is 24.3 Å². The third-order valence-electron chi connectivity index (χ3n) is 1.36. The summed E-state index contributed by atoms with van der Waals surface area (Å²) < 4.78 is 4.65. The Hall–Kier alpha value is -1.10. The Morgan fingerprint density at radius 3 is 2.36 bits per heavy atom. The number of aromatic carboxylic acids is 1. The molecule has 0 aliphatic rings. The number of hydrogen-bond acceptors (Lipinski definition) is 4. The van der Waals surface area contributed by atoms with Crippen molar-refractivity contribution in [2.75, 3.05) is 0 Å². The molecule has 5 heteroatoms. The minimum Gasteiger partial charge on any atom is -0.545 e. The number of rotatable bonds is 2. The van der Waals surface area contributed by atoms with Crippen molar-refractivity contribution in [3.05, 3.63) is 29.8 Å². The first-order chi connectivity index (χ1) is 6.11. The van der Waals surface area contributed by atoms with Gasteiger partial charge in [0.05, 0.1) is 5.97 Å². The van der Waals surface area contributed by atoms with Crippen molar-refractivity contribution in [3.63, 3.8) is 0 Å². The summed E-state index contributed by atoms with van der Waals surface area (Å²) in [6.45, 7) is 1.20. The standard InChI is InChI=1S/C9H8O4.Ag/c1-6(10)13-8-5-3-2-4-7(8)9(11)12;/h2-5H,1H3,(H,11,12);/q;+1/p-1. The Kier molecular flexibility index (Phi) is 5.15. The second-order valence-electron chi connectivity index (χ2n) is 2.38. The summed E-state index contributed by atoms with van der Waals surface area (Å²) in [7, 11) is 0. The van der Waals surface area contributed by atoms with Gasteiger partial charge in [-0.25, -0.2) is 0 Å². The van der Waals surface area contributed by atoms with Crippen LogP contribution in [0.5, 0.6) is 5.75 Å². The Bertz CT molecular complexity index is 348. The van der Waals surface area contributed by atoms with Gasteiger partial charge in [-0.05, 0) is 12.1 Å². The van der Waals surface area contributed by atoms with Crippen molar-refractivity contribution >= 4 is 11.9 Å². The third kappa shape index (κ3) is 3.33. The van der Waals surface area contributed by atoms with Gasteiger partial charge in [0.2, 0.25) is 0 Å². The molecule has 0 saturated heterocycles. The minimum absolute atomic E-state index is 0. The van der Waals surface area contributed by atoms with Crippen molar-refractivity contribution in [1.29, 1.82) is 0 Å². The topological polar surface area (TPSA) is 66.4 Å². The van der Waals surface area contributed by atoms with E-state index in [2.05, 4.69) is 4.74 Å². The maximum Gasteiger partial charge on any atom is 1.00 e. The number of benzene rings is 1. The summed E-state index contributed by atoms with van der Waals surface area (Å²) in [5, 5.41) is 10.5. The van der Waals surface area contributed by atoms with Gasteiger partial charge in [0, 0.05) is 12.5 Å². The summed E-state index contributed by atoms with van der Waals surface area (Å²) in [6, 6.07) is 5.81. The first-order valence-electron chi connectivity index (χ1n) is 3.60. The van der Waals surface area contributed by atoms with Crippen LogP contribution in [0.1, 0.15) is 17.3 Å². The molecule has 0 fully saturated rings. The fraction of sp³-hybridized carbons (Fsp3) is 0.111. The molecule has 0 heterocycles. The Morgan fingerprint density at radius 2 is 1.86 bits per heavy atom. The van der Waals surface area contributed by atoms with Crippen molar-refractivity contribution in [1.82, 2.24) is 0 Å². The second kappa shape index (κ2) is 5.59. The number of hydrogen-bond donors (Lipinski definition) is 0. The largest absolute Gasteiger partial charge is 1.00 e. The number of carboxylic acid groups (broad SMARTS) is 1. The van der Waals surface area contributed by atoms with Crippen molar-refractivity contribution in [2.45, 2.75) is 6.92 Å². The molecule has 0 atom stereocenters. The fourth-order valence-electron chi connectivity index (χ4n) is 0.879. The zero-order valence-electron chi connectivity index (χ0n) is 7.24. The van der Waals surface area contributed by atoms with E-state index in [0.29, 0.717) is 0 Å². The van der Waals surface area contributed by atoms with E-state index < -0.39 is 11.9 Å². The van der Waals surface area contributed by atoms with E-state index in [9.17, 15) is 14.7 Å². The average Bonchev–Trinajstić information content (AvgIpc) is 2.03. The number of esters is 1. The molecule has 14 heavy (non-hydrogen) atoms. The number of carbonyl (C=O) groups excluding carboxylic acids is 2. The molecule has 0 unspecified atom stereocenters. The Balaban J connectivity index is 0.00000169. The molecule has 1 rings (SSSR count). The molecule has 0 saturated carbocycles. The van der Waals surface area contributed by atoms with Crippen LogP contribution in [0.25, 0.3) is 0 Å². The van der Waals surface area contributed by atoms with Crippen LogP contribution >= 0.6 is 0 Å². The number of para-hydroxylation sites is 1. The molecule has 78 valence electrons. The molecular weight excluding hydrogens is 280 g/mol. The SMILES string of the molecule is CC(=O)Oc1ccccc1C(=O)[O-].[Ag+]. The molecule has 0 aliphatic carbocycles. The van der Waals surface area contributed by atoms with Crippen molar-refractivity contribution in [3.8, 4) is 5.75 Å². The molecule has 0 radical (unpaired) electrons. The molecule has 1 aromatic carbocycles. The van der Waals surface area contributed by atoms with Gasteiger partial charge in [-0.1, -0.05) is 12.1 Å². The van der Waals surface area contributed by atoms with Gasteiger partial charge in [-0.3, -0.25) is 4.79 Å². The van der Waals surface area contributed by atoms with Crippen LogP contribution < -0.4 is 9.84 Å². The molecule has 0 aliphatic heterocycles. The smallest absolute Gasteiger partial charge is 0.545 e.